The molecule has 1 aliphatic rings. The average molecular weight is 330 g/mol. The van der Waals surface area contributed by atoms with Gasteiger partial charge in [-0.2, -0.15) is 13.2 Å². The van der Waals surface area contributed by atoms with E-state index < -0.39 is 11.7 Å². The SMILES string of the molecule is CC.CC1CN(C(c2ccc(C(F)(F)F)cc2)C(C)C)CCN1. The van der Waals surface area contributed by atoms with Crippen molar-refractivity contribution in [1.29, 1.82) is 0 Å². The highest BCUT2D eigenvalue weighted by Crippen LogP contribution is 2.33. The molecule has 0 aliphatic carbocycles. The zero-order chi connectivity index (χ0) is 17.6. The van der Waals surface area contributed by atoms with Crippen LogP contribution in [-0.4, -0.2) is 30.6 Å². The second kappa shape index (κ2) is 8.69. The van der Waals surface area contributed by atoms with Crippen molar-refractivity contribution in [2.45, 2.75) is 52.9 Å². The lowest BCUT2D eigenvalue weighted by atomic mass is 9.92. The molecule has 1 heterocycles. The van der Waals surface area contributed by atoms with Crippen LogP contribution in [0, 0.1) is 5.92 Å². The third-order valence-electron chi connectivity index (χ3n) is 4.00. The Bertz CT molecular complexity index is 454. The third kappa shape index (κ3) is 5.50. The van der Waals surface area contributed by atoms with Crippen molar-refractivity contribution in [3.8, 4) is 0 Å². The third-order valence-corrected chi connectivity index (χ3v) is 4.00. The quantitative estimate of drug-likeness (QED) is 0.862. The van der Waals surface area contributed by atoms with Crippen molar-refractivity contribution in [3.63, 3.8) is 0 Å². The predicted octanol–water partition coefficient (Wildman–Crippen LogP) is 4.72. The first-order valence-electron chi connectivity index (χ1n) is 8.43. The van der Waals surface area contributed by atoms with E-state index >= 15 is 0 Å². The number of nitrogens with one attached hydrogen (secondary N) is 1. The number of nitrogens with zero attached hydrogens (tertiary/aromatic N) is 1. The van der Waals surface area contributed by atoms with Gasteiger partial charge in [-0.3, -0.25) is 4.90 Å². The standard InChI is InChI=1S/C16H23F3N2.C2H6/c1-11(2)15(21-9-8-20-12(3)10-21)13-4-6-14(7-5-13)16(17,18)19;1-2/h4-7,11-12,15,20H,8-10H2,1-3H3;1-2H3. The Morgan fingerprint density at radius 2 is 1.70 bits per heavy atom. The number of halogens is 3. The van der Waals surface area contributed by atoms with Crippen LogP contribution < -0.4 is 5.32 Å². The maximum atomic E-state index is 12.7. The molecular weight excluding hydrogens is 301 g/mol. The Balaban J connectivity index is 0.00000127. The highest BCUT2D eigenvalue weighted by molar-refractivity contribution is 5.27. The topological polar surface area (TPSA) is 15.3 Å². The number of rotatable bonds is 3. The van der Waals surface area contributed by atoms with Crippen LogP contribution in [0.3, 0.4) is 0 Å². The van der Waals surface area contributed by atoms with Crippen LogP contribution in [0.5, 0.6) is 0 Å². The zero-order valence-corrected chi connectivity index (χ0v) is 14.7. The second-order valence-electron chi connectivity index (χ2n) is 6.16. The molecule has 23 heavy (non-hydrogen) atoms. The normalized spacial score (nSPS) is 20.8. The molecule has 1 saturated heterocycles. The van der Waals surface area contributed by atoms with Crippen LogP contribution in [-0.2, 0) is 6.18 Å². The van der Waals surface area contributed by atoms with Gasteiger partial charge in [-0.1, -0.05) is 39.8 Å². The molecule has 1 aromatic carbocycles. The number of alkyl halides is 3. The van der Waals surface area contributed by atoms with Gasteiger partial charge in [0.05, 0.1) is 5.56 Å². The molecule has 0 spiro atoms. The molecule has 1 aliphatic heterocycles. The van der Waals surface area contributed by atoms with E-state index in [0.29, 0.717) is 12.0 Å². The van der Waals surface area contributed by atoms with E-state index in [1.54, 1.807) is 12.1 Å². The van der Waals surface area contributed by atoms with E-state index in [1.165, 1.54) is 12.1 Å². The summed E-state index contributed by atoms with van der Waals surface area (Å²) in [5, 5.41) is 3.40. The fraction of sp³-hybridized carbons (Fsp3) is 0.667. The Hall–Kier alpha value is -1.07. The maximum absolute atomic E-state index is 12.7. The lowest BCUT2D eigenvalue weighted by molar-refractivity contribution is -0.137. The maximum Gasteiger partial charge on any atom is 0.416 e. The summed E-state index contributed by atoms with van der Waals surface area (Å²) in [5.41, 5.74) is 0.384. The number of hydrogen-bond donors (Lipinski definition) is 1. The lowest BCUT2D eigenvalue weighted by Crippen LogP contribution is -2.51. The minimum absolute atomic E-state index is 0.164. The second-order valence-corrected chi connectivity index (χ2v) is 6.16. The fourth-order valence-electron chi connectivity index (χ4n) is 3.10. The van der Waals surface area contributed by atoms with Crippen LogP contribution in [0.1, 0.15) is 51.8 Å². The molecule has 0 amide bonds. The lowest BCUT2D eigenvalue weighted by Gasteiger charge is -2.40. The molecule has 2 rings (SSSR count). The van der Waals surface area contributed by atoms with Gasteiger partial charge in [-0.05, 0) is 30.5 Å². The first kappa shape index (κ1) is 20.0. The minimum Gasteiger partial charge on any atom is -0.312 e. The summed E-state index contributed by atoms with van der Waals surface area (Å²) in [6, 6.07) is 6.21. The molecule has 2 unspecified atom stereocenters. The van der Waals surface area contributed by atoms with E-state index in [4.69, 9.17) is 0 Å². The Labute approximate surface area is 138 Å². The first-order valence-corrected chi connectivity index (χ1v) is 8.43. The monoisotopic (exact) mass is 330 g/mol. The van der Waals surface area contributed by atoms with E-state index in [0.717, 1.165) is 25.2 Å². The molecule has 1 aromatic rings. The summed E-state index contributed by atoms with van der Waals surface area (Å²) in [5.74, 6) is 0.354. The average Bonchev–Trinajstić information content (AvgIpc) is 2.49. The first-order chi connectivity index (χ1) is 10.8. The van der Waals surface area contributed by atoms with Crippen LogP contribution in [0.4, 0.5) is 13.2 Å². The smallest absolute Gasteiger partial charge is 0.312 e. The summed E-state index contributed by atoms with van der Waals surface area (Å²) in [6.07, 6.45) is -4.27. The van der Waals surface area contributed by atoms with Gasteiger partial charge in [-0.15, -0.1) is 0 Å². The summed E-state index contributed by atoms with van der Waals surface area (Å²) >= 11 is 0. The van der Waals surface area contributed by atoms with Gasteiger partial charge in [0.15, 0.2) is 0 Å². The summed E-state index contributed by atoms with van der Waals surface area (Å²) in [4.78, 5) is 2.37. The van der Waals surface area contributed by atoms with E-state index in [9.17, 15) is 13.2 Å². The molecule has 5 heteroatoms. The molecule has 2 nitrogen and oxygen atoms in total. The molecule has 2 atom stereocenters. The van der Waals surface area contributed by atoms with Gasteiger partial charge in [-0.25, -0.2) is 0 Å². The van der Waals surface area contributed by atoms with Crippen molar-refractivity contribution in [3.05, 3.63) is 35.4 Å². The van der Waals surface area contributed by atoms with Gasteiger partial charge < -0.3 is 5.32 Å². The van der Waals surface area contributed by atoms with Crippen molar-refractivity contribution >= 4 is 0 Å². The van der Waals surface area contributed by atoms with Crippen LogP contribution in [0.15, 0.2) is 24.3 Å². The summed E-state index contributed by atoms with van der Waals surface area (Å²) < 4.78 is 38.0. The summed E-state index contributed by atoms with van der Waals surface area (Å²) in [7, 11) is 0. The molecule has 0 aromatic heterocycles. The Kier molecular flexibility index (Phi) is 7.55. The zero-order valence-electron chi connectivity index (χ0n) is 14.7. The molecule has 132 valence electrons. The van der Waals surface area contributed by atoms with Gasteiger partial charge >= 0.3 is 6.18 Å². The molecule has 1 fully saturated rings. The number of benzene rings is 1. The van der Waals surface area contributed by atoms with Crippen molar-refractivity contribution in [2.75, 3.05) is 19.6 Å². The minimum atomic E-state index is -4.27. The fourth-order valence-corrected chi connectivity index (χ4v) is 3.10. The Morgan fingerprint density at radius 1 is 1.13 bits per heavy atom. The van der Waals surface area contributed by atoms with Crippen molar-refractivity contribution in [2.24, 2.45) is 5.92 Å². The van der Waals surface area contributed by atoms with Crippen molar-refractivity contribution < 1.29 is 13.2 Å². The van der Waals surface area contributed by atoms with E-state index in [-0.39, 0.29) is 6.04 Å². The molecular formula is C18H29F3N2. The van der Waals surface area contributed by atoms with E-state index in [2.05, 4.69) is 31.0 Å². The highest BCUT2D eigenvalue weighted by atomic mass is 19.4. The van der Waals surface area contributed by atoms with Gasteiger partial charge in [0, 0.05) is 31.7 Å². The number of hydrogen-bond acceptors (Lipinski definition) is 2. The van der Waals surface area contributed by atoms with Gasteiger partial charge in [0.1, 0.15) is 0 Å². The number of piperazine rings is 1. The molecule has 0 saturated carbocycles. The van der Waals surface area contributed by atoms with Crippen LogP contribution in [0.25, 0.3) is 0 Å². The summed E-state index contributed by atoms with van der Waals surface area (Å²) in [6.45, 7) is 13.1. The van der Waals surface area contributed by atoms with E-state index in [1.807, 2.05) is 13.8 Å². The van der Waals surface area contributed by atoms with Gasteiger partial charge in [0.2, 0.25) is 0 Å². The molecule has 0 radical (unpaired) electrons. The highest BCUT2D eigenvalue weighted by Gasteiger charge is 2.31. The Morgan fingerprint density at radius 3 is 2.13 bits per heavy atom. The molecule has 1 N–H and O–H groups in total. The van der Waals surface area contributed by atoms with Gasteiger partial charge in [0.25, 0.3) is 0 Å². The van der Waals surface area contributed by atoms with Crippen molar-refractivity contribution in [1.82, 2.24) is 10.2 Å². The largest absolute Gasteiger partial charge is 0.416 e. The molecule has 0 bridgehead atoms. The predicted molar refractivity (Wildman–Crippen MR) is 89.4 cm³/mol. The van der Waals surface area contributed by atoms with Crippen LogP contribution in [0.2, 0.25) is 0 Å². The van der Waals surface area contributed by atoms with Crippen LogP contribution >= 0.6 is 0 Å².